The van der Waals surface area contributed by atoms with Gasteiger partial charge < -0.3 is 4.74 Å². The second-order valence-corrected chi connectivity index (χ2v) is 5.90. The van der Waals surface area contributed by atoms with Crippen LogP contribution >= 0.6 is 0 Å². The minimum absolute atomic E-state index is 0.175. The lowest BCUT2D eigenvalue weighted by Crippen LogP contribution is -2.47. The first-order valence-electron chi connectivity index (χ1n) is 7.00. The fraction of sp³-hybridized carbons (Fsp3) is 0.333. The van der Waals surface area contributed by atoms with Gasteiger partial charge in [-0.1, -0.05) is 60.7 Å². The highest BCUT2D eigenvalue weighted by Crippen LogP contribution is 2.43. The van der Waals surface area contributed by atoms with Crippen molar-refractivity contribution in [1.29, 1.82) is 0 Å². The molecule has 0 aliphatic carbocycles. The van der Waals surface area contributed by atoms with Crippen LogP contribution in [0.4, 0.5) is 4.39 Å². The monoisotopic (exact) mass is 270 g/mol. The number of ether oxygens (including phenoxy) is 1. The van der Waals surface area contributed by atoms with Gasteiger partial charge in [0.25, 0.3) is 0 Å². The zero-order valence-electron chi connectivity index (χ0n) is 11.7. The lowest BCUT2D eigenvalue weighted by atomic mass is 9.68. The van der Waals surface area contributed by atoms with E-state index in [1.165, 1.54) is 0 Å². The predicted octanol–water partition coefficient (Wildman–Crippen LogP) is 4.12. The fourth-order valence-electron chi connectivity index (χ4n) is 3.22. The molecule has 0 amide bonds. The summed E-state index contributed by atoms with van der Waals surface area (Å²) >= 11 is 0. The Morgan fingerprint density at radius 3 is 1.80 bits per heavy atom. The van der Waals surface area contributed by atoms with Gasteiger partial charge in [-0.2, -0.15) is 0 Å². The predicted molar refractivity (Wildman–Crippen MR) is 78.6 cm³/mol. The summed E-state index contributed by atoms with van der Waals surface area (Å²) in [6, 6.07) is 20.3. The average molecular weight is 270 g/mol. The Kier molecular flexibility index (Phi) is 3.35. The molecule has 1 atom stereocenters. The van der Waals surface area contributed by atoms with Crippen molar-refractivity contribution in [3.63, 3.8) is 0 Å². The minimum Gasteiger partial charge on any atom is -0.377 e. The van der Waals surface area contributed by atoms with Crippen LogP contribution in [0.2, 0.25) is 0 Å². The molecule has 0 spiro atoms. The van der Waals surface area contributed by atoms with Crippen LogP contribution in [-0.4, -0.2) is 18.9 Å². The van der Waals surface area contributed by atoms with Crippen molar-refractivity contribution < 1.29 is 9.13 Å². The second-order valence-electron chi connectivity index (χ2n) is 5.90. The van der Waals surface area contributed by atoms with E-state index >= 15 is 0 Å². The normalized spacial score (nSPS) is 25.3. The van der Waals surface area contributed by atoms with Crippen molar-refractivity contribution in [1.82, 2.24) is 0 Å². The number of halogens is 1. The summed E-state index contributed by atoms with van der Waals surface area (Å²) in [6.45, 7) is 2.34. The van der Waals surface area contributed by atoms with Crippen LogP contribution in [0, 0.1) is 0 Å². The Hall–Kier alpha value is -1.67. The molecule has 1 nitrogen and oxygen atoms in total. The summed E-state index contributed by atoms with van der Waals surface area (Å²) in [4.78, 5) is 0. The molecule has 1 saturated heterocycles. The molecular formula is C18H19FO. The van der Waals surface area contributed by atoms with E-state index in [2.05, 4.69) is 24.3 Å². The van der Waals surface area contributed by atoms with Gasteiger partial charge in [0.1, 0.15) is 5.67 Å². The van der Waals surface area contributed by atoms with Crippen LogP contribution < -0.4 is 0 Å². The van der Waals surface area contributed by atoms with E-state index < -0.39 is 11.1 Å². The zero-order chi connectivity index (χ0) is 14.1. The molecule has 20 heavy (non-hydrogen) atoms. The number of hydrogen-bond donors (Lipinski definition) is 0. The highest BCUT2D eigenvalue weighted by molar-refractivity contribution is 5.40. The first-order chi connectivity index (χ1) is 9.62. The first-order valence-corrected chi connectivity index (χ1v) is 7.00. The maximum Gasteiger partial charge on any atom is 0.132 e. The molecule has 104 valence electrons. The highest BCUT2D eigenvalue weighted by atomic mass is 19.1. The summed E-state index contributed by atoms with van der Waals surface area (Å²) < 4.78 is 20.2. The van der Waals surface area contributed by atoms with Gasteiger partial charge in [0.05, 0.1) is 13.2 Å². The number of benzene rings is 2. The fourth-order valence-corrected chi connectivity index (χ4v) is 3.22. The largest absolute Gasteiger partial charge is 0.377 e. The summed E-state index contributed by atoms with van der Waals surface area (Å²) in [6.07, 6.45) is 0.452. The maximum atomic E-state index is 14.6. The summed E-state index contributed by atoms with van der Waals surface area (Å²) in [7, 11) is 0. The average Bonchev–Trinajstić information content (AvgIpc) is 2.48. The smallest absolute Gasteiger partial charge is 0.132 e. The van der Waals surface area contributed by atoms with Gasteiger partial charge >= 0.3 is 0 Å². The zero-order valence-corrected chi connectivity index (χ0v) is 11.7. The standard InChI is InChI=1S/C18H19FO/c1-17(19)12-18(14-20-13-17,15-8-4-2-5-9-15)16-10-6-3-7-11-16/h2-11H,12-14H2,1H3. The number of hydrogen-bond acceptors (Lipinski definition) is 1. The van der Waals surface area contributed by atoms with Gasteiger partial charge in [-0.3, -0.25) is 0 Å². The Balaban J connectivity index is 2.13. The van der Waals surface area contributed by atoms with E-state index in [9.17, 15) is 4.39 Å². The third kappa shape index (κ3) is 2.36. The maximum absolute atomic E-state index is 14.6. The van der Waals surface area contributed by atoms with E-state index in [4.69, 9.17) is 4.74 Å². The van der Waals surface area contributed by atoms with Crippen molar-refractivity contribution in [3.05, 3.63) is 71.8 Å². The molecule has 2 heteroatoms. The molecule has 1 unspecified atom stereocenters. The molecule has 2 aromatic rings. The Labute approximate surface area is 119 Å². The van der Waals surface area contributed by atoms with Crippen LogP contribution in [0.3, 0.4) is 0 Å². The molecule has 0 saturated carbocycles. The van der Waals surface area contributed by atoms with Gasteiger partial charge in [-0.15, -0.1) is 0 Å². The van der Waals surface area contributed by atoms with E-state index in [0.717, 1.165) is 11.1 Å². The van der Waals surface area contributed by atoms with E-state index in [0.29, 0.717) is 13.0 Å². The quantitative estimate of drug-likeness (QED) is 0.797. The summed E-state index contributed by atoms with van der Waals surface area (Å²) in [5.74, 6) is 0. The van der Waals surface area contributed by atoms with E-state index in [1.54, 1.807) is 6.92 Å². The van der Waals surface area contributed by atoms with E-state index in [1.807, 2.05) is 36.4 Å². The molecule has 0 radical (unpaired) electrons. The molecule has 1 heterocycles. The molecule has 2 aromatic carbocycles. The Bertz CT molecular complexity index is 523. The van der Waals surface area contributed by atoms with Crippen molar-refractivity contribution in [2.75, 3.05) is 13.2 Å². The molecule has 0 bridgehead atoms. The van der Waals surface area contributed by atoms with Gasteiger partial charge in [-0.05, 0) is 24.5 Å². The molecule has 3 rings (SSSR count). The highest BCUT2D eigenvalue weighted by Gasteiger charge is 2.45. The molecule has 0 aromatic heterocycles. The lowest BCUT2D eigenvalue weighted by Gasteiger charge is -2.43. The van der Waals surface area contributed by atoms with Crippen LogP contribution in [0.1, 0.15) is 24.5 Å². The van der Waals surface area contributed by atoms with E-state index in [-0.39, 0.29) is 6.61 Å². The van der Waals surface area contributed by atoms with Gasteiger partial charge in [0.2, 0.25) is 0 Å². The third-order valence-electron chi connectivity index (χ3n) is 4.07. The van der Waals surface area contributed by atoms with Crippen LogP contribution in [0.15, 0.2) is 60.7 Å². The molecule has 1 aliphatic heterocycles. The summed E-state index contributed by atoms with van der Waals surface area (Å²) in [5.41, 5.74) is 0.540. The van der Waals surface area contributed by atoms with Crippen LogP contribution in [-0.2, 0) is 10.2 Å². The first kappa shape index (κ1) is 13.3. The van der Waals surface area contributed by atoms with Crippen LogP contribution in [0.5, 0.6) is 0 Å². The topological polar surface area (TPSA) is 9.23 Å². The summed E-state index contributed by atoms with van der Waals surface area (Å²) in [5, 5.41) is 0. The van der Waals surface area contributed by atoms with Gasteiger partial charge in [0, 0.05) is 5.41 Å². The SMILES string of the molecule is CC1(F)COCC(c2ccccc2)(c2ccccc2)C1. The van der Waals surface area contributed by atoms with Gasteiger partial charge in [0.15, 0.2) is 0 Å². The molecular weight excluding hydrogens is 251 g/mol. The van der Waals surface area contributed by atoms with Crippen molar-refractivity contribution in [2.24, 2.45) is 0 Å². The number of rotatable bonds is 2. The number of alkyl halides is 1. The third-order valence-corrected chi connectivity index (χ3v) is 4.07. The van der Waals surface area contributed by atoms with Crippen LogP contribution in [0.25, 0.3) is 0 Å². The molecule has 1 aliphatic rings. The van der Waals surface area contributed by atoms with Gasteiger partial charge in [-0.25, -0.2) is 4.39 Å². The van der Waals surface area contributed by atoms with Crippen molar-refractivity contribution in [2.45, 2.75) is 24.4 Å². The van der Waals surface area contributed by atoms with Crippen molar-refractivity contribution in [3.8, 4) is 0 Å². The minimum atomic E-state index is -1.30. The lowest BCUT2D eigenvalue weighted by molar-refractivity contribution is -0.0546. The second kappa shape index (κ2) is 5.02. The molecule has 0 N–H and O–H groups in total. The van der Waals surface area contributed by atoms with Crippen molar-refractivity contribution >= 4 is 0 Å². The molecule has 1 fully saturated rings. The Morgan fingerprint density at radius 1 is 0.850 bits per heavy atom. The Morgan fingerprint density at radius 2 is 1.35 bits per heavy atom.